The number of likely N-dealkylation sites (tertiary alicyclic amines) is 1. The van der Waals surface area contributed by atoms with Crippen LogP contribution in [0.15, 0.2) is 66.7 Å². The Hall–Kier alpha value is -3.46. The van der Waals surface area contributed by atoms with Gasteiger partial charge in [-0.05, 0) is 78.5 Å². The first-order chi connectivity index (χ1) is 22.2. The standard InChI is InChI=1S/C26H34N2O4.C8H10FN.C2H6.CH3Cl/c1-3-20-9-6-10-21(17-20)23-12-4-5-13-24(23)26(31,14-8-15-27-25(30)32-2)22-11-7-16-28(18-22)19-29;1-6-2-3-7(5-10)4-8(6)9;2*1-2/h4-6,9-10,12-13,17,19,22,31H,3,7-8,11,14-16,18H2,1-2H3,(H,27,30);2-4H,5,10H2,1H3;1-2H3;1H3. The first kappa shape index (κ1) is 40.6. The van der Waals surface area contributed by atoms with Gasteiger partial charge < -0.3 is 25.8 Å². The van der Waals surface area contributed by atoms with Gasteiger partial charge in [0.05, 0.1) is 12.7 Å². The van der Waals surface area contributed by atoms with Crippen molar-refractivity contribution in [1.29, 1.82) is 0 Å². The molecular formula is C37H53ClFN3O4. The predicted octanol–water partition coefficient (Wildman–Crippen LogP) is 7.58. The second-order valence-corrected chi connectivity index (χ2v) is 10.8. The molecule has 4 rings (SSSR count). The van der Waals surface area contributed by atoms with Gasteiger partial charge >= 0.3 is 6.09 Å². The van der Waals surface area contributed by atoms with E-state index < -0.39 is 11.7 Å². The Balaban J connectivity index is 0.000000633. The molecule has 3 aromatic carbocycles. The van der Waals surface area contributed by atoms with Crippen LogP contribution in [0, 0.1) is 18.7 Å². The number of nitrogens with two attached hydrogens (primary N) is 1. The maximum Gasteiger partial charge on any atom is 0.406 e. The van der Waals surface area contributed by atoms with Crippen molar-refractivity contribution in [2.24, 2.45) is 11.7 Å². The molecule has 1 aliphatic heterocycles. The highest BCUT2D eigenvalue weighted by Crippen LogP contribution is 2.43. The van der Waals surface area contributed by atoms with Crippen LogP contribution in [0.4, 0.5) is 9.18 Å². The number of alkyl carbamates (subject to hydrolysis) is 1. The number of rotatable bonds is 10. The number of nitrogens with one attached hydrogen (secondary N) is 1. The van der Waals surface area contributed by atoms with E-state index in [0.717, 1.165) is 54.5 Å². The topological polar surface area (TPSA) is 105 Å². The van der Waals surface area contributed by atoms with Crippen molar-refractivity contribution in [2.45, 2.75) is 71.9 Å². The number of aryl methyl sites for hydroxylation is 2. The highest BCUT2D eigenvalue weighted by atomic mass is 35.5. The van der Waals surface area contributed by atoms with Crippen LogP contribution in [0.25, 0.3) is 11.1 Å². The van der Waals surface area contributed by atoms with Crippen LogP contribution in [0.1, 0.15) is 68.7 Å². The number of alkyl halides is 1. The molecule has 7 nitrogen and oxygen atoms in total. The highest BCUT2D eigenvalue weighted by Gasteiger charge is 2.41. The van der Waals surface area contributed by atoms with Crippen LogP contribution >= 0.6 is 11.6 Å². The van der Waals surface area contributed by atoms with Crippen LogP contribution < -0.4 is 11.1 Å². The van der Waals surface area contributed by atoms with E-state index in [0.29, 0.717) is 38.0 Å². The number of amides is 2. The molecule has 4 N–H and O–H groups in total. The van der Waals surface area contributed by atoms with Gasteiger partial charge in [0.15, 0.2) is 0 Å². The van der Waals surface area contributed by atoms with Gasteiger partial charge in [0.25, 0.3) is 0 Å². The lowest BCUT2D eigenvalue weighted by atomic mass is 9.72. The molecule has 0 aliphatic carbocycles. The number of nitrogens with zero attached hydrogens (tertiary/aromatic N) is 1. The summed E-state index contributed by atoms with van der Waals surface area (Å²) in [5, 5.41) is 14.9. The Kier molecular flexibility index (Phi) is 19.5. The van der Waals surface area contributed by atoms with Gasteiger partial charge in [0, 0.05) is 38.5 Å². The maximum absolute atomic E-state index is 12.7. The zero-order valence-corrected chi connectivity index (χ0v) is 29.1. The van der Waals surface area contributed by atoms with Crippen molar-refractivity contribution in [3.8, 4) is 11.1 Å². The lowest BCUT2D eigenvalue weighted by Gasteiger charge is -2.42. The van der Waals surface area contributed by atoms with E-state index in [4.69, 9.17) is 5.73 Å². The van der Waals surface area contributed by atoms with Gasteiger partial charge in [0.1, 0.15) is 5.82 Å². The van der Waals surface area contributed by atoms with Gasteiger partial charge in [-0.3, -0.25) is 4.79 Å². The van der Waals surface area contributed by atoms with E-state index in [1.165, 1.54) is 25.1 Å². The summed E-state index contributed by atoms with van der Waals surface area (Å²) < 4.78 is 17.4. The normalized spacial score (nSPS) is 14.9. The summed E-state index contributed by atoms with van der Waals surface area (Å²) in [4.78, 5) is 24.7. The van der Waals surface area contributed by atoms with E-state index in [1.54, 1.807) is 17.9 Å². The van der Waals surface area contributed by atoms with Crippen molar-refractivity contribution in [1.82, 2.24) is 10.2 Å². The van der Waals surface area contributed by atoms with Crippen LogP contribution in [-0.2, 0) is 28.1 Å². The van der Waals surface area contributed by atoms with Gasteiger partial charge in [-0.2, -0.15) is 0 Å². The molecule has 3 aromatic rings. The van der Waals surface area contributed by atoms with Crippen molar-refractivity contribution in [2.75, 3.05) is 33.1 Å². The summed E-state index contributed by atoms with van der Waals surface area (Å²) in [5.41, 5.74) is 9.88. The smallest absolute Gasteiger partial charge is 0.406 e. The van der Waals surface area contributed by atoms with E-state index in [-0.39, 0.29) is 11.7 Å². The second-order valence-electron chi connectivity index (χ2n) is 10.8. The molecule has 2 unspecified atom stereocenters. The number of hydrogen-bond acceptors (Lipinski definition) is 5. The summed E-state index contributed by atoms with van der Waals surface area (Å²) in [6.07, 6.45) is 5.58. The van der Waals surface area contributed by atoms with Gasteiger partial charge in [0.2, 0.25) is 6.41 Å². The first-order valence-corrected chi connectivity index (χ1v) is 16.8. The van der Waals surface area contributed by atoms with Crippen LogP contribution in [0.3, 0.4) is 0 Å². The average molecular weight is 658 g/mol. The molecule has 0 aromatic heterocycles. The van der Waals surface area contributed by atoms with Crippen LogP contribution in [0.2, 0.25) is 0 Å². The van der Waals surface area contributed by atoms with Gasteiger partial charge in [-0.15, -0.1) is 11.6 Å². The Morgan fingerprint density at radius 2 is 1.85 bits per heavy atom. The van der Waals surface area contributed by atoms with Crippen molar-refractivity contribution in [3.63, 3.8) is 0 Å². The Labute approximate surface area is 280 Å². The van der Waals surface area contributed by atoms with Gasteiger partial charge in [-0.1, -0.05) is 81.4 Å². The SMILES string of the molecule is CC.CCc1cccc(-c2ccccc2C(O)(CCCNC(=O)OC)C2CCCN(C=O)C2)c1.CCl.Cc1ccc(CN)cc1F. The van der Waals surface area contributed by atoms with Crippen molar-refractivity contribution >= 4 is 24.1 Å². The van der Waals surface area contributed by atoms with E-state index >= 15 is 0 Å². The molecule has 0 spiro atoms. The minimum Gasteiger partial charge on any atom is -0.453 e. The summed E-state index contributed by atoms with van der Waals surface area (Å²) in [7, 11) is 1.34. The predicted molar refractivity (Wildman–Crippen MR) is 187 cm³/mol. The Morgan fingerprint density at radius 1 is 1.13 bits per heavy atom. The fourth-order valence-electron chi connectivity index (χ4n) is 5.51. The third kappa shape index (κ3) is 12.0. The van der Waals surface area contributed by atoms with Crippen molar-refractivity contribution < 1.29 is 23.8 Å². The number of hydrogen-bond donors (Lipinski definition) is 3. The molecule has 254 valence electrons. The monoisotopic (exact) mass is 657 g/mol. The lowest BCUT2D eigenvalue weighted by molar-refractivity contribution is -0.123. The summed E-state index contributed by atoms with van der Waals surface area (Å²) in [5.74, 6) is -0.266. The first-order valence-electron chi connectivity index (χ1n) is 16.0. The molecule has 9 heteroatoms. The minimum atomic E-state index is -1.13. The number of ether oxygens (including phenoxy) is 1. The van der Waals surface area contributed by atoms with Crippen LogP contribution in [-0.4, -0.2) is 55.6 Å². The number of benzene rings is 3. The number of methoxy groups -OCH3 is 1. The molecule has 0 bridgehead atoms. The molecule has 1 aliphatic rings. The second kappa shape index (κ2) is 22.1. The number of carbonyl (C=O) groups is 2. The van der Waals surface area contributed by atoms with E-state index in [2.05, 4.69) is 58.9 Å². The molecule has 2 amide bonds. The zero-order chi connectivity index (χ0) is 34.5. The van der Waals surface area contributed by atoms with Gasteiger partial charge in [-0.25, -0.2) is 9.18 Å². The zero-order valence-electron chi connectivity index (χ0n) is 28.3. The van der Waals surface area contributed by atoms with E-state index in [1.807, 2.05) is 38.1 Å². The molecule has 0 saturated carbocycles. The Bertz CT molecular complexity index is 1330. The highest BCUT2D eigenvalue weighted by molar-refractivity contribution is 6.15. The van der Waals surface area contributed by atoms with Crippen LogP contribution in [0.5, 0.6) is 0 Å². The molecule has 1 saturated heterocycles. The minimum absolute atomic E-state index is 0.0879. The third-order valence-corrected chi connectivity index (χ3v) is 7.98. The lowest BCUT2D eigenvalue weighted by Crippen LogP contribution is -2.46. The summed E-state index contributed by atoms with van der Waals surface area (Å²) >= 11 is 4.64. The summed E-state index contributed by atoms with van der Waals surface area (Å²) in [6, 6.07) is 21.5. The molecule has 0 radical (unpaired) electrons. The largest absolute Gasteiger partial charge is 0.453 e. The average Bonchev–Trinajstić information content (AvgIpc) is 3.13. The number of halogens is 2. The fourth-order valence-corrected chi connectivity index (χ4v) is 5.51. The number of carbonyl (C=O) groups excluding carboxylic acids is 2. The number of aliphatic hydroxyl groups is 1. The summed E-state index contributed by atoms with van der Waals surface area (Å²) in [6.45, 7) is 9.92. The Morgan fingerprint density at radius 3 is 2.48 bits per heavy atom. The fraction of sp³-hybridized carbons (Fsp3) is 0.459. The quantitative estimate of drug-likeness (QED) is 0.118. The number of piperidine rings is 1. The molecule has 1 fully saturated rings. The molecule has 46 heavy (non-hydrogen) atoms. The molecule has 2 atom stereocenters. The van der Waals surface area contributed by atoms with E-state index in [9.17, 15) is 19.1 Å². The van der Waals surface area contributed by atoms with Crippen molar-refractivity contribution in [3.05, 3.63) is 94.8 Å². The maximum atomic E-state index is 12.7. The molecular weight excluding hydrogens is 605 g/mol. The molecule has 1 heterocycles. The third-order valence-electron chi connectivity index (χ3n) is 7.98.